The van der Waals surface area contributed by atoms with Crippen LogP contribution < -0.4 is 5.73 Å². The van der Waals surface area contributed by atoms with E-state index in [9.17, 15) is 0 Å². The molecule has 0 saturated heterocycles. The molecule has 0 heterocycles. The Morgan fingerprint density at radius 1 is 1.13 bits per heavy atom. The Hall–Kier alpha value is -0.120. The molecule has 0 amide bonds. The second-order valence-electron chi connectivity index (χ2n) is 4.31. The lowest BCUT2D eigenvalue weighted by atomic mass is 9.97. The third-order valence-electron chi connectivity index (χ3n) is 3.23. The van der Waals surface area contributed by atoms with Crippen molar-refractivity contribution in [3.05, 3.63) is 0 Å². The maximum absolute atomic E-state index is 5.72. The highest BCUT2D eigenvalue weighted by atomic mass is 16.5. The molecule has 3 nitrogen and oxygen atoms in total. The molecule has 3 heteroatoms. The molecule has 0 aromatic rings. The van der Waals surface area contributed by atoms with Crippen LogP contribution in [0.25, 0.3) is 0 Å². The van der Waals surface area contributed by atoms with E-state index in [2.05, 4.69) is 0 Å². The lowest BCUT2D eigenvalue weighted by Gasteiger charge is -2.17. The first-order chi connectivity index (χ1) is 7.38. The zero-order chi connectivity index (χ0) is 10.9. The summed E-state index contributed by atoms with van der Waals surface area (Å²) in [6.07, 6.45) is 4.93. The van der Waals surface area contributed by atoms with Gasteiger partial charge in [0.05, 0.1) is 0 Å². The molecule has 1 fully saturated rings. The molecule has 2 N–H and O–H groups in total. The van der Waals surface area contributed by atoms with Crippen LogP contribution in [0.1, 0.15) is 32.6 Å². The first kappa shape index (κ1) is 12.9. The van der Waals surface area contributed by atoms with Crippen LogP contribution in [0, 0.1) is 11.8 Å². The first-order valence-corrected chi connectivity index (χ1v) is 6.24. The Labute approximate surface area is 93.3 Å². The molecular formula is C12H25NO2. The highest BCUT2D eigenvalue weighted by molar-refractivity contribution is 4.77. The molecule has 0 radical (unpaired) electrons. The largest absolute Gasteiger partial charge is 0.382 e. The van der Waals surface area contributed by atoms with Crippen LogP contribution in [0.3, 0.4) is 0 Å². The summed E-state index contributed by atoms with van der Waals surface area (Å²) in [6.45, 7) is 6.19. The summed E-state index contributed by atoms with van der Waals surface area (Å²) in [6, 6.07) is 0. The normalized spacial score (nSPS) is 26.0. The van der Waals surface area contributed by atoms with Crippen molar-refractivity contribution >= 4 is 0 Å². The molecule has 1 rings (SSSR count). The molecule has 90 valence electrons. The topological polar surface area (TPSA) is 44.5 Å². The van der Waals surface area contributed by atoms with Crippen LogP contribution >= 0.6 is 0 Å². The van der Waals surface area contributed by atoms with E-state index >= 15 is 0 Å². The minimum absolute atomic E-state index is 0.705. The quantitative estimate of drug-likeness (QED) is 0.628. The lowest BCUT2D eigenvalue weighted by Crippen LogP contribution is -2.22. The Morgan fingerprint density at radius 2 is 1.87 bits per heavy atom. The van der Waals surface area contributed by atoms with E-state index in [-0.39, 0.29) is 0 Å². The van der Waals surface area contributed by atoms with Crippen LogP contribution in [0.5, 0.6) is 0 Å². The average molecular weight is 215 g/mol. The SMILES string of the molecule is CCOCCCOCC1CCCC1CN. The molecule has 0 spiro atoms. The Kier molecular flexibility index (Phi) is 6.98. The van der Waals surface area contributed by atoms with Gasteiger partial charge in [0.2, 0.25) is 0 Å². The molecule has 2 unspecified atom stereocenters. The Bertz CT molecular complexity index is 153. The van der Waals surface area contributed by atoms with Crippen molar-refractivity contribution in [3.8, 4) is 0 Å². The average Bonchev–Trinajstić information content (AvgIpc) is 2.70. The third kappa shape index (κ3) is 4.96. The Morgan fingerprint density at radius 3 is 2.60 bits per heavy atom. The number of hydrogen-bond acceptors (Lipinski definition) is 3. The van der Waals surface area contributed by atoms with Crippen LogP contribution in [-0.4, -0.2) is 33.0 Å². The highest BCUT2D eigenvalue weighted by Crippen LogP contribution is 2.30. The van der Waals surface area contributed by atoms with Gasteiger partial charge in [0.1, 0.15) is 0 Å². The summed E-state index contributed by atoms with van der Waals surface area (Å²) in [5.41, 5.74) is 5.72. The molecule has 15 heavy (non-hydrogen) atoms. The van der Waals surface area contributed by atoms with Crippen molar-refractivity contribution in [2.75, 3.05) is 33.0 Å². The minimum atomic E-state index is 0.705. The molecule has 1 saturated carbocycles. The second kappa shape index (κ2) is 8.08. The highest BCUT2D eigenvalue weighted by Gasteiger charge is 2.25. The predicted molar refractivity (Wildman–Crippen MR) is 61.8 cm³/mol. The summed E-state index contributed by atoms with van der Waals surface area (Å²) in [5.74, 6) is 1.42. The van der Waals surface area contributed by atoms with Gasteiger partial charge in [0, 0.05) is 26.4 Å². The molecule has 1 aliphatic carbocycles. The van der Waals surface area contributed by atoms with Gasteiger partial charge in [0.25, 0.3) is 0 Å². The zero-order valence-corrected chi connectivity index (χ0v) is 9.91. The van der Waals surface area contributed by atoms with Gasteiger partial charge < -0.3 is 15.2 Å². The van der Waals surface area contributed by atoms with E-state index in [1.54, 1.807) is 0 Å². The maximum Gasteiger partial charge on any atom is 0.0497 e. The lowest BCUT2D eigenvalue weighted by molar-refractivity contribution is 0.0619. The van der Waals surface area contributed by atoms with Gasteiger partial charge in [-0.3, -0.25) is 0 Å². The van der Waals surface area contributed by atoms with Crippen LogP contribution in [0.15, 0.2) is 0 Å². The van der Waals surface area contributed by atoms with Gasteiger partial charge in [-0.15, -0.1) is 0 Å². The summed E-state index contributed by atoms with van der Waals surface area (Å²) >= 11 is 0. The number of ether oxygens (including phenoxy) is 2. The van der Waals surface area contributed by atoms with Gasteiger partial charge in [-0.25, -0.2) is 0 Å². The van der Waals surface area contributed by atoms with Gasteiger partial charge in [-0.05, 0) is 44.6 Å². The van der Waals surface area contributed by atoms with Crippen molar-refractivity contribution in [2.45, 2.75) is 32.6 Å². The number of nitrogens with two attached hydrogens (primary N) is 1. The fraction of sp³-hybridized carbons (Fsp3) is 1.00. The molecule has 1 aliphatic rings. The van der Waals surface area contributed by atoms with Crippen molar-refractivity contribution in [2.24, 2.45) is 17.6 Å². The van der Waals surface area contributed by atoms with Gasteiger partial charge >= 0.3 is 0 Å². The Balaban J connectivity index is 1.95. The molecule has 0 aliphatic heterocycles. The number of rotatable bonds is 8. The first-order valence-electron chi connectivity index (χ1n) is 6.24. The fourth-order valence-electron chi connectivity index (χ4n) is 2.29. The van der Waals surface area contributed by atoms with Gasteiger partial charge in [-0.1, -0.05) is 6.42 Å². The van der Waals surface area contributed by atoms with E-state index in [0.717, 1.165) is 39.4 Å². The fourth-order valence-corrected chi connectivity index (χ4v) is 2.29. The minimum Gasteiger partial charge on any atom is -0.382 e. The van der Waals surface area contributed by atoms with Gasteiger partial charge in [0.15, 0.2) is 0 Å². The van der Waals surface area contributed by atoms with E-state index in [1.807, 2.05) is 6.92 Å². The van der Waals surface area contributed by atoms with Crippen LogP contribution in [0.2, 0.25) is 0 Å². The molecular weight excluding hydrogens is 190 g/mol. The monoisotopic (exact) mass is 215 g/mol. The molecule has 0 aromatic heterocycles. The maximum atomic E-state index is 5.72. The smallest absolute Gasteiger partial charge is 0.0497 e. The van der Waals surface area contributed by atoms with E-state index < -0.39 is 0 Å². The molecule has 0 bridgehead atoms. The van der Waals surface area contributed by atoms with E-state index in [0.29, 0.717) is 11.8 Å². The van der Waals surface area contributed by atoms with Crippen LogP contribution in [0.4, 0.5) is 0 Å². The van der Waals surface area contributed by atoms with E-state index in [1.165, 1.54) is 19.3 Å². The van der Waals surface area contributed by atoms with Crippen LogP contribution in [-0.2, 0) is 9.47 Å². The predicted octanol–water partition coefficient (Wildman–Crippen LogP) is 1.80. The standard InChI is InChI=1S/C12H25NO2/c1-2-14-7-4-8-15-10-12-6-3-5-11(12)9-13/h11-12H,2-10,13H2,1H3. The third-order valence-corrected chi connectivity index (χ3v) is 3.23. The van der Waals surface area contributed by atoms with Crippen molar-refractivity contribution in [3.63, 3.8) is 0 Å². The summed E-state index contributed by atoms with van der Waals surface area (Å²) in [5, 5.41) is 0. The van der Waals surface area contributed by atoms with Crippen molar-refractivity contribution in [1.29, 1.82) is 0 Å². The van der Waals surface area contributed by atoms with E-state index in [4.69, 9.17) is 15.2 Å². The molecule has 0 aromatic carbocycles. The molecule has 2 atom stereocenters. The summed E-state index contributed by atoms with van der Waals surface area (Å²) < 4.78 is 10.9. The van der Waals surface area contributed by atoms with Crippen molar-refractivity contribution in [1.82, 2.24) is 0 Å². The summed E-state index contributed by atoms with van der Waals surface area (Å²) in [4.78, 5) is 0. The second-order valence-corrected chi connectivity index (χ2v) is 4.31. The van der Waals surface area contributed by atoms with Crippen molar-refractivity contribution < 1.29 is 9.47 Å². The van der Waals surface area contributed by atoms with Gasteiger partial charge in [-0.2, -0.15) is 0 Å². The number of hydrogen-bond donors (Lipinski definition) is 1. The zero-order valence-electron chi connectivity index (χ0n) is 9.91. The summed E-state index contributed by atoms with van der Waals surface area (Å²) in [7, 11) is 0.